The maximum atomic E-state index is 13.3. The van der Waals surface area contributed by atoms with E-state index >= 15 is 0 Å². The Bertz CT molecular complexity index is 993. The molecule has 0 saturated carbocycles. The molecule has 2 aromatic rings. The smallest absolute Gasteiger partial charge is 0.410 e. The van der Waals surface area contributed by atoms with Crippen molar-refractivity contribution in [2.45, 2.75) is 83.1 Å². The first-order valence-corrected chi connectivity index (χ1v) is 12.6. The summed E-state index contributed by atoms with van der Waals surface area (Å²) in [7, 11) is 0.302. The van der Waals surface area contributed by atoms with Crippen molar-refractivity contribution in [2.75, 3.05) is 5.32 Å². The van der Waals surface area contributed by atoms with E-state index < -0.39 is 18.0 Å². The summed E-state index contributed by atoms with van der Waals surface area (Å²) in [6.45, 7) is 11.1. The molecular weight excluding hydrogens is 473 g/mol. The number of rotatable bonds is 8. The lowest BCUT2D eigenvalue weighted by Gasteiger charge is -2.41. The highest BCUT2D eigenvalue weighted by atomic mass is 28.2. The molecule has 5 nitrogen and oxygen atoms in total. The molecule has 1 aliphatic heterocycles. The quantitative estimate of drug-likeness (QED) is 0.434. The van der Waals surface area contributed by atoms with Crippen LogP contribution < -0.4 is 10.1 Å². The summed E-state index contributed by atoms with van der Waals surface area (Å²) in [4.78, 5) is 15.5. The first-order chi connectivity index (χ1) is 16.2. The summed E-state index contributed by atoms with van der Waals surface area (Å²) >= 11 is 0. The molecule has 0 aliphatic carbocycles. The van der Waals surface area contributed by atoms with E-state index in [9.17, 15) is 18.0 Å². The standard InChI is InChI=1S/C26H33F3N2O3Si/c1-24(2,3)35-34-25(4,5)22-15-14-21(31(22)17-18-10-7-6-8-11-18)23(32)30-19-12-9-13-20(16-19)33-26(27,28)29/h6-13,16,21-22H,14-15,17H2,1-5H3,(H,30,32)/t21-,22+/m0/s1. The Kier molecular flexibility index (Phi) is 8.34. The van der Waals surface area contributed by atoms with Crippen molar-refractivity contribution in [3.63, 3.8) is 0 Å². The molecule has 1 heterocycles. The molecule has 1 aliphatic rings. The van der Waals surface area contributed by atoms with Crippen LogP contribution in [0.2, 0.25) is 5.04 Å². The largest absolute Gasteiger partial charge is 0.573 e. The van der Waals surface area contributed by atoms with Gasteiger partial charge < -0.3 is 14.5 Å². The SMILES string of the molecule is CC(C)(C)[Si]OC(C)(C)[C@H]1CC[C@@H](C(=O)Nc2cccc(OC(F)(F)F)c2)N1Cc1ccccc1. The zero-order chi connectivity index (χ0) is 25.9. The topological polar surface area (TPSA) is 50.8 Å². The minimum absolute atomic E-state index is 0.00629. The molecule has 0 spiro atoms. The van der Waals surface area contributed by atoms with Crippen molar-refractivity contribution in [3.05, 3.63) is 60.2 Å². The summed E-state index contributed by atoms with van der Waals surface area (Å²) < 4.78 is 48.2. The predicted molar refractivity (Wildman–Crippen MR) is 131 cm³/mol. The van der Waals surface area contributed by atoms with Gasteiger partial charge in [-0.1, -0.05) is 57.2 Å². The van der Waals surface area contributed by atoms with Crippen LogP contribution in [-0.2, 0) is 15.8 Å². The number of benzene rings is 2. The lowest BCUT2D eigenvalue weighted by Crippen LogP contribution is -2.52. The van der Waals surface area contributed by atoms with Crippen LogP contribution >= 0.6 is 0 Å². The van der Waals surface area contributed by atoms with E-state index in [0.717, 1.165) is 12.0 Å². The van der Waals surface area contributed by atoms with Gasteiger partial charge in [-0.2, -0.15) is 0 Å². The van der Waals surface area contributed by atoms with Crippen LogP contribution in [0.5, 0.6) is 5.75 Å². The van der Waals surface area contributed by atoms with E-state index in [1.165, 1.54) is 18.2 Å². The highest BCUT2D eigenvalue weighted by molar-refractivity contribution is 6.31. The number of nitrogens with one attached hydrogen (secondary N) is 1. The van der Waals surface area contributed by atoms with Crippen molar-refractivity contribution in [3.8, 4) is 5.75 Å². The highest BCUT2D eigenvalue weighted by Crippen LogP contribution is 2.37. The fraction of sp³-hybridized carbons (Fsp3) is 0.500. The monoisotopic (exact) mass is 506 g/mol. The van der Waals surface area contributed by atoms with E-state index in [0.29, 0.717) is 22.7 Å². The van der Waals surface area contributed by atoms with Crippen LogP contribution in [0.25, 0.3) is 0 Å². The molecule has 0 bridgehead atoms. The first kappa shape index (κ1) is 27.2. The molecule has 1 saturated heterocycles. The van der Waals surface area contributed by atoms with Crippen molar-refractivity contribution in [1.82, 2.24) is 4.90 Å². The van der Waals surface area contributed by atoms with E-state index in [1.807, 2.05) is 30.3 Å². The molecule has 2 radical (unpaired) electrons. The Balaban J connectivity index is 1.80. The molecule has 35 heavy (non-hydrogen) atoms. The van der Waals surface area contributed by atoms with Crippen LogP contribution in [0, 0.1) is 0 Å². The van der Waals surface area contributed by atoms with Gasteiger partial charge in [0, 0.05) is 24.3 Å². The van der Waals surface area contributed by atoms with Crippen molar-refractivity contribution >= 4 is 21.4 Å². The predicted octanol–water partition coefficient (Wildman–Crippen LogP) is 6.19. The fourth-order valence-electron chi connectivity index (χ4n) is 4.26. The Labute approximate surface area is 207 Å². The number of hydrogen-bond acceptors (Lipinski definition) is 4. The highest BCUT2D eigenvalue weighted by Gasteiger charge is 2.45. The summed E-state index contributed by atoms with van der Waals surface area (Å²) in [6.07, 6.45) is -3.41. The number of ether oxygens (including phenoxy) is 1. The molecule has 2 aromatic carbocycles. The molecule has 190 valence electrons. The molecule has 1 N–H and O–H groups in total. The van der Waals surface area contributed by atoms with Gasteiger partial charge >= 0.3 is 6.36 Å². The number of nitrogens with zero attached hydrogens (tertiary/aromatic N) is 1. The van der Waals surface area contributed by atoms with E-state index in [-0.39, 0.29) is 28.4 Å². The number of halogens is 3. The van der Waals surface area contributed by atoms with Crippen LogP contribution in [0.1, 0.15) is 53.0 Å². The average molecular weight is 507 g/mol. The third-order valence-electron chi connectivity index (χ3n) is 5.78. The molecule has 2 atom stereocenters. The van der Waals surface area contributed by atoms with Crippen LogP contribution in [0.15, 0.2) is 54.6 Å². The molecule has 9 heteroatoms. The van der Waals surface area contributed by atoms with E-state index in [4.69, 9.17) is 4.43 Å². The van der Waals surface area contributed by atoms with Crippen molar-refractivity contribution in [1.29, 1.82) is 0 Å². The Morgan fingerprint density at radius 3 is 2.34 bits per heavy atom. The second-order valence-corrected chi connectivity index (χ2v) is 12.3. The minimum atomic E-state index is -4.80. The lowest BCUT2D eigenvalue weighted by atomic mass is 9.96. The van der Waals surface area contributed by atoms with Crippen LogP contribution in [0.3, 0.4) is 0 Å². The second kappa shape index (κ2) is 10.7. The number of amides is 1. The van der Waals surface area contributed by atoms with Gasteiger partial charge in [0.2, 0.25) is 15.7 Å². The third kappa shape index (κ3) is 8.08. The normalized spacial score (nSPS) is 19.5. The molecule has 1 fully saturated rings. The maximum Gasteiger partial charge on any atom is 0.573 e. The van der Waals surface area contributed by atoms with Gasteiger partial charge in [-0.05, 0) is 49.4 Å². The van der Waals surface area contributed by atoms with Crippen molar-refractivity contribution < 1.29 is 27.1 Å². The van der Waals surface area contributed by atoms with E-state index in [2.05, 4.69) is 49.6 Å². The molecular formula is C26H33F3N2O3Si. The second-order valence-electron chi connectivity index (χ2n) is 10.4. The zero-order valence-electron chi connectivity index (χ0n) is 20.8. The third-order valence-corrected chi connectivity index (χ3v) is 7.02. The van der Waals surface area contributed by atoms with Gasteiger partial charge in [-0.25, -0.2) is 0 Å². The minimum Gasteiger partial charge on any atom is -0.410 e. The molecule has 0 unspecified atom stereocenters. The van der Waals surface area contributed by atoms with Gasteiger partial charge in [-0.3, -0.25) is 9.69 Å². The van der Waals surface area contributed by atoms with E-state index in [1.54, 1.807) is 6.07 Å². The lowest BCUT2D eigenvalue weighted by molar-refractivity contribution is -0.274. The summed E-state index contributed by atoms with van der Waals surface area (Å²) in [5, 5.41) is 2.82. The van der Waals surface area contributed by atoms with Crippen molar-refractivity contribution in [2.24, 2.45) is 0 Å². The summed E-state index contributed by atoms with van der Waals surface area (Å²) in [6, 6.07) is 14.8. The number of hydrogen-bond donors (Lipinski definition) is 1. The molecule has 1 amide bonds. The first-order valence-electron chi connectivity index (χ1n) is 11.6. The Morgan fingerprint density at radius 2 is 1.71 bits per heavy atom. The van der Waals surface area contributed by atoms with Crippen LogP contribution in [0.4, 0.5) is 18.9 Å². The summed E-state index contributed by atoms with van der Waals surface area (Å²) in [5.74, 6) is -0.639. The maximum absolute atomic E-state index is 13.3. The van der Waals surface area contributed by atoms with Gasteiger partial charge in [0.05, 0.1) is 11.6 Å². The summed E-state index contributed by atoms with van der Waals surface area (Å²) in [5.41, 5.74) is 0.840. The number of likely N-dealkylation sites (tertiary alicyclic amines) is 1. The molecule has 0 aromatic heterocycles. The van der Waals surface area contributed by atoms with Gasteiger partial charge in [0.15, 0.2) is 0 Å². The number of carbonyl (C=O) groups is 1. The molecule has 3 rings (SSSR count). The number of carbonyl (C=O) groups excluding carboxylic acids is 1. The Morgan fingerprint density at radius 1 is 1.03 bits per heavy atom. The van der Waals surface area contributed by atoms with Gasteiger partial charge in [0.25, 0.3) is 0 Å². The average Bonchev–Trinajstić information content (AvgIpc) is 3.16. The zero-order valence-corrected chi connectivity index (χ0v) is 21.8. The Hall–Kier alpha value is -2.36. The van der Waals surface area contributed by atoms with Crippen LogP contribution in [-0.4, -0.2) is 44.6 Å². The number of alkyl halides is 3. The van der Waals surface area contributed by atoms with Gasteiger partial charge in [0.1, 0.15) is 5.75 Å². The van der Waals surface area contributed by atoms with Gasteiger partial charge in [-0.15, -0.1) is 13.2 Å². The number of anilines is 1. The fourth-order valence-corrected chi connectivity index (χ4v) is 4.96.